The second-order valence-electron chi connectivity index (χ2n) is 2.69. The van der Waals surface area contributed by atoms with Gasteiger partial charge in [0.2, 0.25) is 5.91 Å². The van der Waals surface area contributed by atoms with E-state index in [4.69, 9.17) is 0 Å². The Kier molecular flexibility index (Phi) is 2.72. The highest BCUT2D eigenvalue weighted by Gasteiger charge is 2.13. The first-order valence-corrected chi connectivity index (χ1v) is 3.91. The molecule has 2 nitrogen and oxygen atoms in total. The van der Waals surface area contributed by atoms with Gasteiger partial charge in [-0.15, -0.1) is 0 Å². The molecule has 0 spiro atoms. The summed E-state index contributed by atoms with van der Waals surface area (Å²) in [6.45, 7) is 5.26. The third-order valence-electron chi connectivity index (χ3n) is 1.94. The number of likely N-dealkylation sites (tertiary alicyclic amines) is 1. The van der Waals surface area contributed by atoms with Gasteiger partial charge in [-0.3, -0.25) is 4.79 Å². The predicted molar refractivity (Wildman–Crippen MR) is 40.4 cm³/mol. The molecule has 0 aliphatic carbocycles. The molecule has 57 valence electrons. The van der Waals surface area contributed by atoms with E-state index in [0.717, 1.165) is 25.8 Å². The van der Waals surface area contributed by atoms with Crippen molar-refractivity contribution in [2.24, 2.45) is 0 Å². The first-order chi connectivity index (χ1) is 4.84. The van der Waals surface area contributed by atoms with Crippen molar-refractivity contribution in [3.8, 4) is 0 Å². The minimum Gasteiger partial charge on any atom is -0.343 e. The topological polar surface area (TPSA) is 20.3 Å². The van der Waals surface area contributed by atoms with E-state index in [2.05, 4.69) is 6.92 Å². The molecule has 1 amide bonds. The van der Waals surface area contributed by atoms with Crippen LogP contribution in [0.1, 0.15) is 25.7 Å². The molecule has 2 heteroatoms. The molecular weight excluding hydrogens is 126 g/mol. The minimum atomic E-state index is 0.285. The SMILES string of the molecule is [CH2]CN1CCCCCC1=O. The van der Waals surface area contributed by atoms with Crippen LogP contribution in [0.3, 0.4) is 0 Å². The first kappa shape index (κ1) is 7.58. The van der Waals surface area contributed by atoms with Gasteiger partial charge in [-0.05, 0) is 19.8 Å². The summed E-state index contributed by atoms with van der Waals surface area (Å²) in [5.41, 5.74) is 0. The summed E-state index contributed by atoms with van der Waals surface area (Å²) >= 11 is 0. The van der Waals surface area contributed by atoms with Gasteiger partial charge in [0.1, 0.15) is 0 Å². The van der Waals surface area contributed by atoms with Crippen molar-refractivity contribution < 1.29 is 4.79 Å². The number of amides is 1. The summed E-state index contributed by atoms with van der Waals surface area (Å²) in [5.74, 6) is 0.285. The number of hydrogen-bond donors (Lipinski definition) is 0. The van der Waals surface area contributed by atoms with E-state index >= 15 is 0 Å². The second kappa shape index (κ2) is 3.59. The van der Waals surface area contributed by atoms with Crippen molar-refractivity contribution in [2.45, 2.75) is 25.7 Å². The molecule has 10 heavy (non-hydrogen) atoms. The summed E-state index contributed by atoms with van der Waals surface area (Å²) < 4.78 is 0. The van der Waals surface area contributed by atoms with Crippen LogP contribution in [0.5, 0.6) is 0 Å². The maximum Gasteiger partial charge on any atom is 0.222 e. The van der Waals surface area contributed by atoms with E-state index in [0.29, 0.717) is 6.54 Å². The lowest BCUT2D eigenvalue weighted by atomic mass is 10.2. The molecule has 1 saturated heterocycles. The fourth-order valence-electron chi connectivity index (χ4n) is 1.27. The van der Waals surface area contributed by atoms with Gasteiger partial charge in [0, 0.05) is 19.5 Å². The van der Waals surface area contributed by atoms with Crippen LogP contribution in [0.4, 0.5) is 0 Å². The number of carbonyl (C=O) groups excluding carboxylic acids is 1. The standard InChI is InChI=1S/C8H14NO/c1-2-9-7-5-3-4-6-8(9)10/h1-7H2. The Morgan fingerprint density at radius 2 is 2.20 bits per heavy atom. The van der Waals surface area contributed by atoms with Crippen LogP contribution in [0.25, 0.3) is 0 Å². The molecule has 0 unspecified atom stereocenters. The van der Waals surface area contributed by atoms with Crippen LogP contribution in [-0.4, -0.2) is 23.9 Å². The minimum absolute atomic E-state index is 0.285. The number of hydrogen-bond acceptors (Lipinski definition) is 1. The van der Waals surface area contributed by atoms with Crippen LogP contribution < -0.4 is 0 Å². The quantitative estimate of drug-likeness (QED) is 0.536. The van der Waals surface area contributed by atoms with Gasteiger partial charge >= 0.3 is 0 Å². The lowest BCUT2D eigenvalue weighted by Gasteiger charge is -2.16. The molecule has 0 aromatic carbocycles. The second-order valence-corrected chi connectivity index (χ2v) is 2.69. The number of nitrogens with zero attached hydrogens (tertiary/aromatic N) is 1. The molecule has 1 radical (unpaired) electrons. The van der Waals surface area contributed by atoms with Gasteiger partial charge in [-0.25, -0.2) is 0 Å². The average Bonchev–Trinajstić information content (AvgIpc) is 2.13. The van der Waals surface area contributed by atoms with Crippen LogP contribution in [-0.2, 0) is 4.79 Å². The summed E-state index contributed by atoms with van der Waals surface area (Å²) in [7, 11) is 0. The Hall–Kier alpha value is -0.530. The van der Waals surface area contributed by atoms with Gasteiger partial charge in [0.05, 0.1) is 0 Å². The highest BCUT2D eigenvalue weighted by Crippen LogP contribution is 2.09. The van der Waals surface area contributed by atoms with Gasteiger partial charge in [-0.1, -0.05) is 6.42 Å². The fraction of sp³-hybridized carbons (Fsp3) is 0.750. The molecule has 0 aromatic heterocycles. The van der Waals surface area contributed by atoms with Crippen molar-refractivity contribution in [3.63, 3.8) is 0 Å². The molecular formula is C8H14NO. The Labute approximate surface area is 62.2 Å². The van der Waals surface area contributed by atoms with E-state index in [9.17, 15) is 4.79 Å². The molecule has 1 heterocycles. The maximum atomic E-state index is 11.1. The normalized spacial score (nSPS) is 20.9. The lowest BCUT2D eigenvalue weighted by Crippen LogP contribution is -2.29. The van der Waals surface area contributed by atoms with Gasteiger partial charge in [0.25, 0.3) is 0 Å². The summed E-state index contributed by atoms with van der Waals surface area (Å²) in [4.78, 5) is 13.0. The van der Waals surface area contributed by atoms with E-state index in [-0.39, 0.29) is 5.91 Å². The largest absolute Gasteiger partial charge is 0.343 e. The summed E-state index contributed by atoms with van der Waals surface area (Å²) in [6, 6.07) is 0. The Bertz CT molecular complexity index is 122. The molecule has 0 saturated carbocycles. The van der Waals surface area contributed by atoms with Crippen molar-refractivity contribution >= 4 is 5.91 Å². The molecule has 0 atom stereocenters. The zero-order valence-corrected chi connectivity index (χ0v) is 6.31. The molecule has 1 aliphatic heterocycles. The van der Waals surface area contributed by atoms with Crippen molar-refractivity contribution in [1.29, 1.82) is 0 Å². The van der Waals surface area contributed by atoms with Crippen LogP contribution >= 0.6 is 0 Å². The van der Waals surface area contributed by atoms with E-state index < -0.39 is 0 Å². The van der Waals surface area contributed by atoms with Gasteiger partial charge in [-0.2, -0.15) is 0 Å². The molecule has 1 aliphatic rings. The number of rotatable bonds is 1. The zero-order chi connectivity index (χ0) is 7.40. The third kappa shape index (κ3) is 1.72. The van der Waals surface area contributed by atoms with E-state index in [1.165, 1.54) is 6.42 Å². The van der Waals surface area contributed by atoms with Crippen molar-refractivity contribution in [2.75, 3.05) is 13.1 Å². The van der Waals surface area contributed by atoms with Gasteiger partial charge < -0.3 is 4.90 Å². The Balaban J connectivity index is 2.43. The predicted octanol–water partition coefficient (Wildman–Crippen LogP) is 1.22. The Morgan fingerprint density at radius 1 is 1.40 bits per heavy atom. The maximum absolute atomic E-state index is 11.1. The summed E-state index contributed by atoms with van der Waals surface area (Å²) in [5, 5.41) is 0. The van der Waals surface area contributed by atoms with Crippen LogP contribution in [0.2, 0.25) is 0 Å². The van der Waals surface area contributed by atoms with Gasteiger partial charge in [0.15, 0.2) is 0 Å². The van der Waals surface area contributed by atoms with E-state index in [1.54, 1.807) is 0 Å². The fourth-order valence-corrected chi connectivity index (χ4v) is 1.27. The monoisotopic (exact) mass is 140 g/mol. The third-order valence-corrected chi connectivity index (χ3v) is 1.94. The molecule has 0 aromatic rings. The van der Waals surface area contributed by atoms with Crippen molar-refractivity contribution in [1.82, 2.24) is 4.90 Å². The lowest BCUT2D eigenvalue weighted by molar-refractivity contribution is -0.130. The molecule has 1 fully saturated rings. The Morgan fingerprint density at radius 3 is 2.90 bits per heavy atom. The van der Waals surface area contributed by atoms with Crippen LogP contribution in [0, 0.1) is 6.92 Å². The zero-order valence-electron chi connectivity index (χ0n) is 6.31. The molecule has 0 bridgehead atoms. The van der Waals surface area contributed by atoms with Crippen LogP contribution in [0.15, 0.2) is 0 Å². The average molecular weight is 140 g/mol. The van der Waals surface area contributed by atoms with E-state index in [1.807, 2.05) is 4.90 Å². The number of carbonyl (C=O) groups is 1. The smallest absolute Gasteiger partial charge is 0.222 e. The van der Waals surface area contributed by atoms with Crippen molar-refractivity contribution in [3.05, 3.63) is 6.92 Å². The highest BCUT2D eigenvalue weighted by atomic mass is 16.2. The molecule has 1 rings (SSSR count). The highest BCUT2D eigenvalue weighted by molar-refractivity contribution is 5.76. The first-order valence-electron chi connectivity index (χ1n) is 3.91. The summed E-state index contributed by atoms with van der Waals surface area (Å²) in [6.07, 6.45) is 4.15. The molecule has 0 N–H and O–H groups in total.